The van der Waals surface area contributed by atoms with Crippen LogP contribution in [0, 0.1) is 6.92 Å². The minimum atomic E-state index is -1.09. The number of nitrogens with one attached hydrogen (secondary N) is 2. The molecular formula is C13H15N3O4. The highest BCUT2D eigenvalue weighted by Gasteiger charge is 2.23. The smallest absolute Gasteiger partial charge is 0.337 e. The maximum Gasteiger partial charge on any atom is 0.337 e. The number of aryl methyl sites for hydroxylation is 1. The number of hydrogen-bond acceptors (Lipinski definition) is 4. The van der Waals surface area contributed by atoms with Crippen molar-refractivity contribution >= 4 is 17.8 Å². The Morgan fingerprint density at radius 3 is 2.60 bits per heavy atom. The van der Waals surface area contributed by atoms with Gasteiger partial charge in [0.15, 0.2) is 0 Å². The fraction of sp³-hybridized carbons (Fsp3) is 0.385. The van der Waals surface area contributed by atoms with E-state index in [-0.39, 0.29) is 35.4 Å². The van der Waals surface area contributed by atoms with Gasteiger partial charge < -0.3 is 15.7 Å². The van der Waals surface area contributed by atoms with E-state index in [2.05, 4.69) is 15.6 Å². The van der Waals surface area contributed by atoms with Gasteiger partial charge in [0.25, 0.3) is 5.91 Å². The number of rotatable bonds is 5. The van der Waals surface area contributed by atoms with Crippen molar-refractivity contribution in [1.29, 1.82) is 0 Å². The molecule has 0 radical (unpaired) electrons. The van der Waals surface area contributed by atoms with Crippen LogP contribution in [0.25, 0.3) is 0 Å². The van der Waals surface area contributed by atoms with E-state index in [9.17, 15) is 14.4 Å². The van der Waals surface area contributed by atoms with Crippen LogP contribution in [0.2, 0.25) is 0 Å². The molecule has 7 heteroatoms. The third-order valence-electron chi connectivity index (χ3n) is 2.90. The van der Waals surface area contributed by atoms with Crippen molar-refractivity contribution in [2.75, 3.05) is 6.54 Å². The highest BCUT2D eigenvalue weighted by atomic mass is 16.4. The van der Waals surface area contributed by atoms with Crippen LogP contribution in [0.1, 0.15) is 39.4 Å². The van der Waals surface area contributed by atoms with Crippen molar-refractivity contribution in [3.8, 4) is 0 Å². The summed E-state index contributed by atoms with van der Waals surface area (Å²) in [7, 11) is 0. The maximum absolute atomic E-state index is 11.8. The molecule has 1 aliphatic carbocycles. The molecule has 1 aliphatic rings. The molecule has 3 N–H and O–H groups in total. The predicted molar refractivity (Wildman–Crippen MR) is 69.4 cm³/mol. The van der Waals surface area contributed by atoms with Crippen molar-refractivity contribution in [2.24, 2.45) is 0 Å². The molecule has 106 valence electrons. The van der Waals surface area contributed by atoms with Crippen LogP contribution in [0.3, 0.4) is 0 Å². The summed E-state index contributed by atoms with van der Waals surface area (Å²) in [4.78, 5) is 38.0. The molecule has 20 heavy (non-hydrogen) atoms. The zero-order chi connectivity index (χ0) is 14.7. The van der Waals surface area contributed by atoms with E-state index in [0.717, 1.165) is 12.8 Å². The second kappa shape index (κ2) is 5.68. The molecule has 1 fully saturated rings. The Hall–Kier alpha value is -2.44. The van der Waals surface area contributed by atoms with E-state index in [1.54, 1.807) is 0 Å². The second-order valence-electron chi connectivity index (χ2n) is 4.66. The van der Waals surface area contributed by atoms with Crippen molar-refractivity contribution in [1.82, 2.24) is 15.6 Å². The lowest BCUT2D eigenvalue weighted by Gasteiger charge is -2.07. The maximum atomic E-state index is 11.8. The Kier molecular flexibility index (Phi) is 3.97. The molecule has 0 bridgehead atoms. The van der Waals surface area contributed by atoms with Gasteiger partial charge in [0.05, 0.1) is 17.8 Å². The molecule has 1 aromatic heterocycles. The molecule has 1 heterocycles. The number of carbonyl (C=O) groups is 3. The van der Waals surface area contributed by atoms with Gasteiger partial charge in [-0.2, -0.15) is 0 Å². The van der Waals surface area contributed by atoms with E-state index in [1.807, 2.05) is 0 Å². The van der Waals surface area contributed by atoms with Crippen molar-refractivity contribution in [2.45, 2.75) is 25.8 Å². The first-order chi connectivity index (χ1) is 9.47. The Bertz CT molecular complexity index is 567. The van der Waals surface area contributed by atoms with Crippen molar-refractivity contribution in [3.63, 3.8) is 0 Å². The summed E-state index contributed by atoms with van der Waals surface area (Å²) < 4.78 is 0. The highest BCUT2D eigenvalue weighted by Crippen LogP contribution is 2.18. The Morgan fingerprint density at radius 2 is 2.05 bits per heavy atom. The number of pyridine rings is 1. The van der Waals surface area contributed by atoms with Crippen LogP contribution in [-0.4, -0.2) is 40.5 Å². The molecule has 0 spiro atoms. The van der Waals surface area contributed by atoms with Crippen molar-refractivity contribution in [3.05, 3.63) is 29.1 Å². The lowest BCUT2D eigenvalue weighted by Crippen LogP contribution is -2.38. The summed E-state index contributed by atoms with van der Waals surface area (Å²) >= 11 is 0. The first kappa shape index (κ1) is 14.0. The van der Waals surface area contributed by atoms with Gasteiger partial charge >= 0.3 is 5.97 Å². The number of hydrogen-bond donors (Lipinski definition) is 3. The van der Waals surface area contributed by atoms with Gasteiger partial charge in [-0.3, -0.25) is 9.59 Å². The third-order valence-corrected chi connectivity index (χ3v) is 2.90. The molecule has 0 saturated heterocycles. The zero-order valence-corrected chi connectivity index (χ0v) is 11.0. The average Bonchev–Trinajstić information content (AvgIpc) is 3.19. The number of aromatic carboxylic acids is 1. The number of nitrogens with zero attached hydrogens (tertiary/aromatic N) is 1. The summed E-state index contributed by atoms with van der Waals surface area (Å²) in [5.74, 6) is -1.83. The summed E-state index contributed by atoms with van der Waals surface area (Å²) in [6.07, 6.45) is 1.97. The van der Waals surface area contributed by atoms with Gasteiger partial charge in [-0.25, -0.2) is 9.78 Å². The molecule has 0 unspecified atom stereocenters. The molecule has 1 aromatic rings. The minimum absolute atomic E-state index is 0.0491. The largest absolute Gasteiger partial charge is 0.478 e. The number of aromatic nitrogens is 1. The third kappa shape index (κ3) is 3.53. The zero-order valence-electron chi connectivity index (χ0n) is 11.0. The Balaban J connectivity index is 1.93. The van der Waals surface area contributed by atoms with Crippen LogP contribution in [0.4, 0.5) is 0 Å². The Morgan fingerprint density at radius 1 is 1.35 bits per heavy atom. The van der Waals surface area contributed by atoms with Gasteiger partial charge in [0.1, 0.15) is 5.69 Å². The topological polar surface area (TPSA) is 108 Å². The van der Waals surface area contributed by atoms with Gasteiger partial charge in [-0.05, 0) is 31.9 Å². The van der Waals surface area contributed by atoms with E-state index in [0.29, 0.717) is 0 Å². The standard InChI is InChI=1S/C13H15N3O4/c1-7-9(13(19)20)4-5-10(15-7)12(18)14-6-11(17)16-8-2-3-8/h4-5,8H,2-3,6H2,1H3,(H,14,18)(H,16,17)(H,19,20). The summed E-state index contributed by atoms with van der Waals surface area (Å²) in [5, 5.41) is 14.1. The first-order valence-electron chi connectivity index (χ1n) is 6.26. The van der Waals surface area contributed by atoms with Gasteiger partial charge in [-0.15, -0.1) is 0 Å². The van der Waals surface area contributed by atoms with Crippen molar-refractivity contribution < 1.29 is 19.5 Å². The van der Waals surface area contributed by atoms with Crippen LogP contribution in [0.15, 0.2) is 12.1 Å². The molecule has 2 rings (SSSR count). The quantitative estimate of drug-likeness (QED) is 0.707. The fourth-order valence-corrected chi connectivity index (χ4v) is 1.67. The van der Waals surface area contributed by atoms with Crippen LogP contribution >= 0.6 is 0 Å². The molecule has 0 atom stereocenters. The molecule has 7 nitrogen and oxygen atoms in total. The lowest BCUT2D eigenvalue weighted by molar-refractivity contribution is -0.120. The summed E-state index contributed by atoms with van der Waals surface area (Å²) in [5.41, 5.74) is 0.396. The molecule has 0 aliphatic heterocycles. The molecule has 2 amide bonds. The van der Waals surface area contributed by atoms with E-state index >= 15 is 0 Å². The minimum Gasteiger partial charge on any atom is -0.478 e. The number of amides is 2. The van der Waals surface area contributed by atoms with Gasteiger partial charge in [0.2, 0.25) is 5.91 Å². The molecule has 0 aromatic carbocycles. The summed E-state index contributed by atoms with van der Waals surface area (Å²) in [6, 6.07) is 2.89. The lowest BCUT2D eigenvalue weighted by atomic mass is 10.2. The molecule has 1 saturated carbocycles. The van der Waals surface area contributed by atoms with E-state index < -0.39 is 11.9 Å². The van der Waals surface area contributed by atoms with Crippen LogP contribution in [-0.2, 0) is 4.79 Å². The number of carboxylic acids is 1. The second-order valence-corrected chi connectivity index (χ2v) is 4.66. The SMILES string of the molecule is Cc1nc(C(=O)NCC(=O)NC2CC2)ccc1C(=O)O. The predicted octanol–water partition coefficient (Wildman–Crippen LogP) is 0.0966. The fourth-order valence-electron chi connectivity index (χ4n) is 1.67. The first-order valence-corrected chi connectivity index (χ1v) is 6.26. The van der Waals surface area contributed by atoms with Gasteiger partial charge in [-0.1, -0.05) is 0 Å². The number of carbonyl (C=O) groups excluding carboxylic acids is 2. The van der Waals surface area contributed by atoms with E-state index in [4.69, 9.17) is 5.11 Å². The summed E-state index contributed by atoms with van der Waals surface area (Å²) in [6.45, 7) is 1.40. The average molecular weight is 277 g/mol. The normalized spacial score (nSPS) is 13.7. The highest BCUT2D eigenvalue weighted by molar-refractivity contribution is 5.96. The van der Waals surface area contributed by atoms with Crippen LogP contribution < -0.4 is 10.6 Å². The Labute approximate surface area is 115 Å². The number of carboxylic acid groups (broad SMARTS) is 1. The van der Waals surface area contributed by atoms with E-state index in [1.165, 1.54) is 19.1 Å². The van der Waals surface area contributed by atoms with Crippen LogP contribution in [0.5, 0.6) is 0 Å². The molecular weight excluding hydrogens is 262 g/mol. The van der Waals surface area contributed by atoms with Gasteiger partial charge in [0, 0.05) is 6.04 Å². The monoisotopic (exact) mass is 277 g/mol.